The van der Waals surface area contributed by atoms with Crippen LogP contribution in [0.15, 0.2) is 128 Å². The van der Waals surface area contributed by atoms with E-state index < -0.39 is 47.6 Å². The van der Waals surface area contributed by atoms with Gasteiger partial charge in [-0.15, -0.1) is 4.98 Å². The topological polar surface area (TPSA) is 145 Å². The molecule has 3 N–H and O–H groups in total. The minimum absolute atomic E-state index is 0.0143. The number of alkyl halides is 12. The van der Waals surface area contributed by atoms with Crippen LogP contribution in [0, 0.1) is 48.0 Å². The Hall–Kier alpha value is -7.96. The highest BCUT2D eigenvalue weighted by Gasteiger charge is 2.36. The number of aromatic hydroxyl groups is 1. The fourth-order valence-electron chi connectivity index (χ4n) is 8.90. The summed E-state index contributed by atoms with van der Waals surface area (Å²) in [4.78, 5) is 34.9. The first-order valence-electron chi connectivity index (χ1n) is 31.7. The molecule has 2 aromatic carbocycles. The molecule has 0 saturated heterocycles. The maximum atomic E-state index is 12.2. The van der Waals surface area contributed by atoms with Crippen molar-refractivity contribution in [1.82, 2.24) is 29.9 Å². The van der Waals surface area contributed by atoms with Gasteiger partial charge >= 0.3 is 24.7 Å². The molecule has 0 unspecified atom stereocenters. The molecule has 0 aliphatic heterocycles. The smallest absolute Gasteiger partial charge is 0.451 e. The van der Waals surface area contributed by atoms with Gasteiger partial charge in [0.05, 0.1) is 0 Å². The molecular formula is C74H96F12N8O2. The summed E-state index contributed by atoms with van der Waals surface area (Å²) in [7, 11) is 0. The Morgan fingerprint density at radius 2 is 0.865 bits per heavy atom. The first-order chi connectivity index (χ1) is 44.2. The van der Waals surface area contributed by atoms with Crippen molar-refractivity contribution < 1.29 is 62.6 Å². The number of benzene rings is 2. The Balaban J connectivity index is 0.000000560. The fourth-order valence-corrected chi connectivity index (χ4v) is 8.90. The molecule has 0 saturated carbocycles. The van der Waals surface area contributed by atoms with E-state index in [-0.39, 0.29) is 17.2 Å². The number of pyridine rings is 4. The van der Waals surface area contributed by atoms with E-state index in [1.165, 1.54) is 47.3 Å². The molecule has 0 fully saturated rings. The van der Waals surface area contributed by atoms with Crippen LogP contribution in [0.1, 0.15) is 196 Å². The minimum atomic E-state index is -4.45. The molecular weight excluding hydrogens is 1260 g/mol. The third kappa shape index (κ3) is 37.4. The van der Waals surface area contributed by atoms with Gasteiger partial charge in [0.15, 0.2) is 0 Å². The highest BCUT2D eigenvalue weighted by Crippen LogP contribution is 2.33. The number of phenols is 1. The van der Waals surface area contributed by atoms with Crippen LogP contribution < -0.4 is 5.73 Å². The van der Waals surface area contributed by atoms with Crippen LogP contribution in [0.4, 0.5) is 58.5 Å². The van der Waals surface area contributed by atoms with E-state index in [9.17, 15) is 62.6 Å². The van der Waals surface area contributed by atoms with Crippen LogP contribution in [-0.4, -0.2) is 40.9 Å². The molecule has 7 rings (SSSR count). The standard InChI is InChI=1S/C14H22O.C11H15NO.3C10H12F3N.C10H12N2.C9H11F3N2/c1-10(2)8-11-6-7-12(13(15)9-11)14(3,4)5;1-8(2)6-9-4-3-5-10(7-9)11(12)13;1-7(2)5-8-3-4-14-9(6-8)10(11,12)13;1-7(2)5-8-3-4-9(14-6-8)10(11,12)13;1-7(2)6-8-4-3-5-9(14-8)10(11,12)13;1-8(2)6-9-4-5-12-10(7-9)11-3;1-6(2)5-7-3-4-13-8(14-7)9(10,11)12/h6-7,9-10,15H,8H2,1-5H3;3-5,7-8H,6H2,1-2H3,(H2,12,13);2*3-4,6-7H,5H2,1-2H3;3-5,7H,6H2,1-2H3;4-5,7-8H,6H2,1-2H3;3-4,6H,5H2,1-2H3. The summed E-state index contributed by atoms with van der Waals surface area (Å²) in [5.41, 5.74) is 10.4. The van der Waals surface area contributed by atoms with E-state index in [0.29, 0.717) is 88.9 Å². The molecule has 0 atom stereocenters. The largest absolute Gasteiger partial charge is 0.508 e. The second-order valence-electron chi connectivity index (χ2n) is 27.0. The first-order valence-corrected chi connectivity index (χ1v) is 31.7. The normalized spacial score (nSPS) is 11.6. The zero-order chi connectivity index (χ0) is 73.5. The molecule has 0 radical (unpaired) electrons. The quantitative estimate of drug-likeness (QED) is 0.0762. The van der Waals surface area contributed by atoms with E-state index in [1.54, 1.807) is 24.4 Å². The number of carbonyl (C=O) groups excluding carboxylic acids is 1. The van der Waals surface area contributed by atoms with Crippen LogP contribution in [0.5, 0.6) is 5.75 Å². The third-order valence-corrected chi connectivity index (χ3v) is 12.8. The van der Waals surface area contributed by atoms with Gasteiger partial charge in [0, 0.05) is 35.5 Å². The van der Waals surface area contributed by atoms with Crippen LogP contribution in [-0.2, 0) is 75.1 Å². The number of nitrogens with two attached hydrogens (primary N) is 1. The van der Waals surface area contributed by atoms with Crippen LogP contribution in [0.3, 0.4) is 0 Å². The van der Waals surface area contributed by atoms with Crippen molar-refractivity contribution in [2.24, 2.45) is 47.2 Å². The van der Waals surface area contributed by atoms with Crippen molar-refractivity contribution in [3.63, 3.8) is 0 Å². The van der Waals surface area contributed by atoms with Crippen LogP contribution >= 0.6 is 0 Å². The molecule has 5 aromatic heterocycles. The zero-order valence-corrected chi connectivity index (χ0v) is 58.2. The van der Waals surface area contributed by atoms with E-state index in [2.05, 4.69) is 103 Å². The third-order valence-electron chi connectivity index (χ3n) is 12.8. The first kappa shape index (κ1) is 86.1. The van der Waals surface area contributed by atoms with Gasteiger partial charge in [-0.05, 0) is 186 Å². The number of nitrogens with zero attached hydrogens (tertiary/aromatic N) is 7. The number of rotatable bonds is 15. The second kappa shape index (κ2) is 40.6. The summed E-state index contributed by atoms with van der Waals surface area (Å²) in [5, 5.41) is 9.94. The zero-order valence-electron chi connectivity index (χ0n) is 58.2. The summed E-state index contributed by atoms with van der Waals surface area (Å²) >= 11 is 0. The van der Waals surface area contributed by atoms with Crippen molar-refractivity contribution in [2.75, 3.05) is 0 Å². The molecule has 10 nitrogen and oxygen atoms in total. The predicted molar refractivity (Wildman–Crippen MR) is 357 cm³/mol. The van der Waals surface area contributed by atoms with Crippen LogP contribution in [0.2, 0.25) is 0 Å². The lowest BCUT2D eigenvalue weighted by Gasteiger charge is -2.21. The molecule has 0 spiro atoms. The maximum absolute atomic E-state index is 12.2. The predicted octanol–water partition coefficient (Wildman–Crippen LogP) is 21.3. The van der Waals surface area contributed by atoms with Crippen molar-refractivity contribution in [3.05, 3.63) is 213 Å². The van der Waals surface area contributed by atoms with E-state index in [1.807, 2.05) is 97.9 Å². The van der Waals surface area contributed by atoms with Crippen LogP contribution in [0.25, 0.3) is 4.85 Å². The Kier molecular flexibility index (Phi) is 36.4. The van der Waals surface area contributed by atoms with E-state index >= 15 is 0 Å². The molecule has 5 heterocycles. The maximum Gasteiger partial charge on any atom is 0.451 e. The summed E-state index contributed by atoms with van der Waals surface area (Å²) in [5.74, 6) is 2.73. The van der Waals surface area contributed by atoms with E-state index in [0.717, 1.165) is 61.2 Å². The fraction of sp³-hybridized carbons (Fsp3) is 0.486. The number of aromatic nitrogens is 6. The molecule has 0 aliphatic carbocycles. The number of hydrogen-bond acceptors (Lipinski definition) is 8. The summed E-state index contributed by atoms with van der Waals surface area (Å²) < 4.78 is 146. The van der Waals surface area contributed by atoms with E-state index in [4.69, 9.17) is 12.3 Å². The van der Waals surface area contributed by atoms with Gasteiger partial charge in [-0.3, -0.25) is 14.8 Å². The molecule has 7 aromatic rings. The number of halogens is 12. The molecule has 0 aliphatic rings. The highest BCUT2D eigenvalue weighted by molar-refractivity contribution is 5.92. The SMILES string of the molecule is CC(C)Cc1ccc(C(C)(C)C)c(O)c1.CC(C)Cc1ccc(C(F)(F)F)nc1.CC(C)Cc1cccc(C(F)(F)F)n1.CC(C)Cc1cccc(C(N)=O)c1.CC(C)Cc1ccnc(C(F)(F)F)c1.CC(C)Cc1ccnc(C(F)(F)F)n1.[C-]#[N+]c1cc(CC(C)C)ccn1. The van der Waals surface area contributed by atoms with Crippen molar-refractivity contribution >= 4 is 11.7 Å². The molecule has 96 heavy (non-hydrogen) atoms. The van der Waals surface area contributed by atoms with Gasteiger partial charge in [-0.1, -0.05) is 166 Å². The molecule has 0 bridgehead atoms. The lowest BCUT2D eigenvalue weighted by atomic mass is 9.85. The number of hydrogen-bond donors (Lipinski definition) is 2. The minimum Gasteiger partial charge on any atom is -0.508 e. The Morgan fingerprint density at radius 3 is 1.29 bits per heavy atom. The van der Waals surface area contributed by atoms with Gasteiger partial charge in [-0.25, -0.2) is 15.0 Å². The molecule has 22 heteroatoms. The average Bonchev–Trinajstić information content (AvgIpc) is 0.908. The van der Waals surface area contributed by atoms with Gasteiger partial charge in [-0.2, -0.15) is 52.7 Å². The molecule has 1 amide bonds. The lowest BCUT2D eigenvalue weighted by Crippen LogP contribution is -2.12. The summed E-state index contributed by atoms with van der Waals surface area (Å²) in [6.07, 6.45) is -6.58. The van der Waals surface area contributed by atoms with Gasteiger partial charge < -0.3 is 15.7 Å². The van der Waals surface area contributed by atoms with Gasteiger partial charge in [0.25, 0.3) is 5.82 Å². The number of carbonyl (C=O) groups is 1. The Labute approximate surface area is 560 Å². The Morgan fingerprint density at radius 1 is 0.438 bits per heavy atom. The number of primary amides is 1. The van der Waals surface area contributed by atoms with Gasteiger partial charge in [0.1, 0.15) is 29.0 Å². The Bertz CT molecular complexity index is 3270. The van der Waals surface area contributed by atoms with Crippen molar-refractivity contribution in [3.8, 4) is 5.75 Å². The number of amides is 1. The van der Waals surface area contributed by atoms with Crippen molar-refractivity contribution in [1.29, 1.82) is 0 Å². The number of phenolic OH excluding ortho intramolecular Hbond substituents is 1. The monoisotopic (exact) mass is 1360 g/mol. The molecule has 528 valence electrons. The second-order valence-corrected chi connectivity index (χ2v) is 27.0. The van der Waals surface area contributed by atoms with Gasteiger partial charge in [0.2, 0.25) is 11.7 Å². The average molecular weight is 1360 g/mol. The summed E-state index contributed by atoms with van der Waals surface area (Å²) in [6, 6.07) is 28.2. The highest BCUT2D eigenvalue weighted by atomic mass is 19.4. The van der Waals surface area contributed by atoms with Crippen molar-refractivity contribution in [2.45, 2.75) is 193 Å². The lowest BCUT2D eigenvalue weighted by molar-refractivity contribution is -0.145. The summed E-state index contributed by atoms with van der Waals surface area (Å²) in [6.45, 7) is 41.8.